The van der Waals surface area contributed by atoms with Crippen LogP contribution < -0.4 is 15.4 Å². The van der Waals surface area contributed by atoms with Crippen LogP contribution in [0.4, 0.5) is 16.2 Å². The summed E-state index contributed by atoms with van der Waals surface area (Å²) < 4.78 is 6.23. The number of carbonyl (C=O) groups excluding carboxylic acids is 2. The number of halogens is 1. The predicted octanol–water partition coefficient (Wildman–Crippen LogP) is 4.34. The molecule has 0 aromatic heterocycles. The number of amides is 3. The lowest BCUT2D eigenvalue weighted by Gasteiger charge is -2.31. The average molecular weight is 432 g/mol. The number of methoxy groups -OCH3 is 1. The van der Waals surface area contributed by atoms with E-state index in [-0.39, 0.29) is 17.9 Å². The number of rotatable bonds is 4. The fraction of sp³-hybridized carbons (Fsp3) is 0.300. The van der Waals surface area contributed by atoms with Gasteiger partial charge in [0, 0.05) is 29.2 Å². The first kappa shape index (κ1) is 19.2. The maximum atomic E-state index is 12.5. The highest BCUT2D eigenvalue weighted by Crippen LogP contribution is 2.26. The summed E-state index contributed by atoms with van der Waals surface area (Å²) in [6.07, 6.45) is 1.27. The highest BCUT2D eigenvalue weighted by Gasteiger charge is 2.27. The molecule has 1 heterocycles. The second-order valence-electron chi connectivity index (χ2n) is 6.39. The zero-order valence-corrected chi connectivity index (χ0v) is 16.7. The van der Waals surface area contributed by atoms with Gasteiger partial charge in [0.25, 0.3) is 0 Å². The largest absolute Gasteiger partial charge is 0.495 e. The van der Waals surface area contributed by atoms with Crippen molar-refractivity contribution in [1.82, 2.24) is 4.90 Å². The molecule has 27 heavy (non-hydrogen) atoms. The van der Waals surface area contributed by atoms with Gasteiger partial charge in [0.1, 0.15) is 5.75 Å². The van der Waals surface area contributed by atoms with Crippen LogP contribution in [0.3, 0.4) is 0 Å². The molecular formula is C20H22BrN3O3. The van der Waals surface area contributed by atoms with Gasteiger partial charge in [-0.15, -0.1) is 0 Å². The van der Waals surface area contributed by atoms with E-state index >= 15 is 0 Å². The molecule has 0 radical (unpaired) electrons. The van der Waals surface area contributed by atoms with Crippen molar-refractivity contribution in [3.8, 4) is 5.75 Å². The lowest BCUT2D eigenvalue weighted by atomic mass is 9.96. The van der Waals surface area contributed by atoms with Crippen LogP contribution in [0, 0.1) is 5.92 Å². The van der Waals surface area contributed by atoms with Crippen LogP contribution in [0.5, 0.6) is 5.75 Å². The topological polar surface area (TPSA) is 70.7 Å². The molecule has 2 N–H and O–H groups in total. The van der Waals surface area contributed by atoms with E-state index in [9.17, 15) is 9.59 Å². The number of piperidine rings is 1. The first-order chi connectivity index (χ1) is 13.1. The minimum absolute atomic E-state index is 0.0348. The van der Waals surface area contributed by atoms with Gasteiger partial charge >= 0.3 is 6.03 Å². The molecule has 1 saturated heterocycles. The van der Waals surface area contributed by atoms with Crippen molar-refractivity contribution in [3.63, 3.8) is 0 Å². The molecule has 0 unspecified atom stereocenters. The summed E-state index contributed by atoms with van der Waals surface area (Å²) in [6.45, 7) is 1.10. The van der Waals surface area contributed by atoms with Gasteiger partial charge in [0.2, 0.25) is 5.91 Å². The molecule has 3 rings (SSSR count). The molecule has 2 aromatic rings. The van der Waals surface area contributed by atoms with Crippen LogP contribution in [0.25, 0.3) is 0 Å². The molecule has 0 spiro atoms. The number of ether oxygens (including phenoxy) is 1. The van der Waals surface area contributed by atoms with E-state index in [0.717, 1.165) is 10.2 Å². The first-order valence-corrected chi connectivity index (χ1v) is 9.61. The van der Waals surface area contributed by atoms with Gasteiger partial charge in [-0.2, -0.15) is 0 Å². The number of hydrogen-bond donors (Lipinski definition) is 2. The summed E-state index contributed by atoms with van der Waals surface area (Å²) in [5.41, 5.74) is 1.42. The smallest absolute Gasteiger partial charge is 0.321 e. The normalized spacial score (nSPS) is 14.5. The van der Waals surface area contributed by atoms with Gasteiger partial charge in [-0.05, 0) is 49.2 Å². The van der Waals surface area contributed by atoms with E-state index in [2.05, 4.69) is 26.6 Å². The van der Waals surface area contributed by atoms with Gasteiger partial charge in [-0.3, -0.25) is 4.79 Å². The van der Waals surface area contributed by atoms with Crippen LogP contribution in [0.2, 0.25) is 0 Å². The molecular weight excluding hydrogens is 410 g/mol. The van der Waals surface area contributed by atoms with Gasteiger partial charge in [0.15, 0.2) is 0 Å². The van der Waals surface area contributed by atoms with Gasteiger partial charge in [0.05, 0.1) is 12.8 Å². The van der Waals surface area contributed by atoms with Crippen molar-refractivity contribution in [2.45, 2.75) is 12.8 Å². The molecule has 1 aliphatic heterocycles. The van der Waals surface area contributed by atoms with Crippen LogP contribution >= 0.6 is 15.9 Å². The zero-order chi connectivity index (χ0) is 19.2. The second kappa shape index (κ2) is 8.90. The minimum Gasteiger partial charge on any atom is -0.495 e. The van der Waals surface area contributed by atoms with Crippen molar-refractivity contribution < 1.29 is 14.3 Å². The Labute approximate surface area is 167 Å². The summed E-state index contributed by atoms with van der Waals surface area (Å²) >= 11 is 3.37. The van der Waals surface area contributed by atoms with Crippen LogP contribution in [-0.2, 0) is 4.79 Å². The molecule has 3 amide bonds. The number of carbonyl (C=O) groups is 2. The maximum absolute atomic E-state index is 12.5. The molecule has 142 valence electrons. The summed E-state index contributed by atoms with van der Waals surface area (Å²) in [6, 6.07) is 14.6. The number of para-hydroxylation sites is 2. The Morgan fingerprint density at radius 1 is 1.04 bits per heavy atom. The Morgan fingerprint density at radius 2 is 1.70 bits per heavy atom. The lowest BCUT2D eigenvalue weighted by molar-refractivity contribution is -0.121. The van der Waals surface area contributed by atoms with Crippen LogP contribution in [-0.4, -0.2) is 37.0 Å². The molecule has 0 aliphatic carbocycles. The molecule has 6 nitrogen and oxygen atoms in total. The Hall–Kier alpha value is -2.54. The Kier molecular flexibility index (Phi) is 6.34. The lowest BCUT2D eigenvalue weighted by Crippen LogP contribution is -2.43. The Morgan fingerprint density at radius 3 is 2.37 bits per heavy atom. The van der Waals surface area contributed by atoms with E-state index in [1.807, 2.05) is 48.5 Å². The van der Waals surface area contributed by atoms with E-state index in [1.165, 1.54) is 0 Å². The third-order valence-electron chi connectivity index (χ3n) is 4.61. The SMILES string of the molecule is COc1ccccc1NC(=O)C1CCN(C(=O)Nc2ccc(Br)cc2)CC1. The predicted molar refractivity (Wildman–Crippen MR) is 109 cm³/mol. The number of anilines is 2. The summed E-state index contributed by atoms with van der Waals surface area (Å²) in [4.78, 5) is 26.7. The quantitative estimate of drug-likeness (QED) is 0.755. The average Bonchev–Trinajstić information content (AvgIpc) is 2.70. The summed E-state index contributed by atoms with van der Waals surface area (Å²) in [5, 5.41) is 5.82. The van der Waals surface area contributed by atoms with Crippen molar-refractivity contribution in [2.75, 3.05) is 30.8 Å². The number of benzene rings is 2. The minimum atomic E-state index is -0.138. The number of likely N-dealkylation sites (tertiary alicyclic amines) is 1. The number of urea groups is 1. The Bertz CT molecular complexity index is 802. The molecule has 7 heteroatoms. The van der Waals surface area contributed by atoms with Gasteiger partial charge in [-0.1, -0.05) is 28.1 Å². The molecule has 1 aliphatic rings. The molecule has 0 saturated carbocycles. The first-order valence-electron chi connectivity index (χ1n) is 8.82. The zero-order valence-electron chi connectivity index (χ0n) is 15.1. The van der Waals surface area contributed by atoms with Crippen LogP contribution in [0.1, 0.15) is 12.8 Å². The maximum Gasteiger partial charge on any atom is 0.321 e. The molecule has 2 aromatic carbocycles. The van der Waals surface area contributed by atoms with E-state index in [4.69, 9.17) is 4.74 Å². The van der Waals surface area contributed by atoms with E-state index < -0.39 is 0 Å². The third kappa shape index (κ3) is 5.01. The van der Waals surface area contributed by atoms with Crippen molar-refractivity contribution in [2.24, 2.45) is 5.92 Å². The summed E-state index contributed by atoms with van der Waals surface area (Å²) in [7, 11) is 1.58. The number of hydrogen-bond acceptors (Lipinski definition) is 3. The summed E-state index contributed by atoms with van der Waals surface area (Å²) in [5.74, 6) is 0.483. The van der Waals surface area contributed by atoms with Crippen LogP contribution in [0.15, 0.2) is 53.0 Å². The fourth-order valence-corrected chi connectivity index (χ4v) is 3.33. The highest BCUT2D eigenvalue weighted by atomic mass is 79.9. The monoisotopic (exact) mass is 431 g/mol. The molecule has 0 bridgehead atoms. The second-order valence-corrected chi connectivity index (χ2v) is 7.30. The van der Waals surface area contributed by atoms with E-state index in [1.54, 1.807) is 12.0 Å². The number of nitrogens with zero attached hydrogens (tertiary/aromatic N) is 1. The third-order valence-corrected chi connectivity index (χ3v) is 5.14. The molecule has 0 atom stereocenters. The highest BCUT2D eigenvalue weighted by molar-refractivity contribution is 9.10. The van der Waals surface area contributed by atoms with Crippen molar-refractivity contribution in [1.29, 1.82) is 0 Å². The van der Waals surface area contributed by atoms with Gasteiger partial charge < -0.3 is 20.3 Å². The molecule has 1 fully saturated rings. The van der Waals surface area contributed by atoms with Crippen molar-refractivity contribution in [3.05, 3.63) is 53.0 Å². The fourth-order valence-electron chi connectivity index (χ4n) is 3.06. The van der Waals surface area contributed by atoms with Crippen molar-refractivity contribution >= 4 is 39.2 Å². The van der Waals surface area contributed by atoms with Gasteiger partial charge in [-0.25, -0.2) is 4.79 Å². The number of nitrogens with one attached hydrogen (secondary N) is 2. The standard InChI is InChI=1S/C20H22BrN3O3/c1-27-18-5-3-2-4-17(18)23-19(25)14-10-12-24(13-11-14)20(26)22-16-8-6-15(21)7-9-16/h2-9,14H,10-13H2,1H3,(H,22,26)(H,23,25). The van der Waals surface area contributed by atoms with E-state index in [0.29, 0.717) is 37.4 Å². The Balaban J connectivity index is 1.51.